The summed E-state index contributed by atoms with van der Waals surface area (Å²) in [5.74, 6) is -1.18. The van der Waals surface area contributed by atoms with Crippen LogP contribution in [-0.4, -0.2) is 11.7 Å². The van der Waals surface area contributed by atoms with E-state index in [1.165, 1.54) is 12.2 Å². The molecule has 0 radical (unpaired) electrons. The Morgan fingerprint density at radius 3 is 2.26 bits per heavy atom. The van der Waals surface area contributed by atoms with Gasteiger partial charge in [-0.1, -0.05) is 12.1 Å². The lowest BCUT2D eigenvalue weighted by molar-refractivity contribution is -0.143. The molecule has 2 N–H and O–H groups in total. The van der Waals surface area contributed by atoms with Crippen molar-refractivity contribution in [2.75, 3.05) is 0 Å². The van der Waals surface area contributed by atoms with Crippen molar-refractivity contribution in [3.8, 4) is 5.75 Å². The Hall–Kier alpha value is -4.26. The Morgan fingerprint density at radius 2 is 1.67 bits per heavy atom. The summed E-state index contributed by atoms with van der Waals surface area (Å²) in [6, 6.07) is 15.5. The fourth-order valence-corrected chi connectivity index (χ4v) is 4.34. The number of fused-ring (bicyclic) bond motifs is 1. The van der Waals surface area contributed by atoms with Crippen molar-refractivity contribution in [2.45, 2.75) is 38.2 Å². The first-order valence-corrected chi connectivity index (χ1v) is 11.8. The summed E-state index contributed by atoms with van der Waals surface area (Å²) in [4.78, 5) is 23.9. The van der Waals surface area contributed by atoms with Crippen LogP contribution in [0.15, 0.2) is 54.6 Å². The molecule has 202 valence electrons. The van der Waals surface area contributed by atoms with E-state index in [-0.39, 0.29) is 36.9 Å². The minimum Gasteiger partial charge on any atom is -0.488 e. The van der Waals surface area contributed by atoms with Crippen LogP contribution in [0, 0.1) is 18.1 Å². The summed E-state index contributed by atoms with van der Waals surface area (Å²) in [5, 5.41) is 0. The number of ketones is 1. The van der Waals surface area contributed by atoms with Crippen molar-refractivity contribution in [1.29, 1.82) is 0 Å². The van der Waals surface area contributed by atoms with Gasteiger partial charge in [0, 0.05) is 28.7 Å². The van der Waals surface area contributed by atoms with Gasteiger partial charge in [-0.3, -0.25) is 9.59 Å². The first-order valence-electron chi connectivity index (χ1n) is 11.8. The van der Waals surface area contributed by atoms with E-state index in [1.807, 2.05) is 0 Å². The molecule has 10 heteroatoms. The number of hydrogen-bond acceptors (Lipinski definition) is 3. The number of hydrogen-bond donors (Lipinski definition) is 1. The number of primary amides is 1. The van der Waals surface area contributed by atoms with E-state index in [9.17, 15) is 35.9 Å². The fourth-order valence-electron chi connectivity index (χ4n) is 4.34. The normalized spacial score (nSPS) is 15.6. The zero-order valence-corrected chi connectivity index (χ0v) is 20.2. The molecule has 4 rings (SSSR count). The highest BCUT2D eigenvalue weighted by molar-refractivity contribution is 6.00. The van der Waals surface area contributed by atoms with Crippen LogP contribution in [0.4, 0.5) is 26.3 Å². The summed E-state index contributed by atoms with van der Waals surface area (Å²) < 4.78 is 85.0. The summed E-state index contributed by atoms with van der Waals surface area (Å²) in [6.07, 6.45) is -6.75. The Kier molecular flexibility index (Phi) is 7.72. The van der Waals surface area contributed by atoms with Gasteiger partial charge in [0.15, 0.2) is 5.78 Å². The zero-order chi connectivity index (χ0) is 28.4. The van der Waals surface area contributed by atoms with Gasteiger partial charge in [0.25, 0.3) is 0 Å². The largest absolute Gasteiger partial charge is 0.488 e. The molecular weight excluding hydrogens is 524 g/mol. The third kappa shape index (κ3) is 6.99. The van der Waals surface area contributed by atoms with Crippen LogP contribution in [0.25, 0.3) is 6.08 Å². The number of Topliss-reactive ketones (excluding diaryl/α,β-unsaturated/α-hetero) is 1. The lowest BCUT2D eigenvalue weighted by Gasteiger charge is -2.24. The van der Waals surface area contributed by atoms with Crippen molar-refractivity contribution < 1.29 is 40.7 Å². The van der Waals surface area contributed by atoms with E-state index in [0.29, 0.717) is 46.6 Å². The molecule has 1 aliphatic carbocycles. The van der Waals surface area contributed by atoms with Crippen LogP contribution in [0.3, 0.4) is 0 Å². The van der Waals surface area contributed by atoms with E-state index in [2.05, 4.69) is 12.1 Å². The predicted octanol–water partition coefficient (Wildman–Crippen LogP) is 6.39. The average molecular weight is 545 g/mol. The molecule has 0 aliphatic heterocycles. The number of halogens is 6. The molecule has 1 atom stereocenters. The van der Waals surface area contributed by atoms with Crippen LogP contribution in [-0.2, 0) is 36.6 Å². The highest BCUT2D eigenvalue weighted by atomic mass is 19.4. The van der Waals surface area contributed by atoms with Crippen LogP contribution in [0.2, 0.25) is 0 Å². The molecule has 1 aliphatic rings. The highest BCUT2D eigenvalue weighted by Gasteiger charge is 2.37. The van der Waals surface area contributed by atoms with Crippen molar-refractivity contribution in [3.05, 3.63) is 106 Å². The maximum Gasteiger partial charge on any atom is 0.416 e. The Balaban J connectivity index is 1.44. The summed E-state index contributed by atoms with van der Waals surface area (Å²) in [5.41, 5.74) is 4.42. The van der Waals surface area contributed by atoms with E-state index < -0.39 is 35.3 Å². The van der Waals surface area contributed by atoms with Gasteiger partial charge in [0.2, 0.25) is 5.91 Å². The van der Waals surface area contributed by atoms with Gasteiger partial charge in [-0.25, -0.2) is 0 Å². The molecule has 39 heavy (non-hydrogen) atoms. The molecule has 0 saturated heterocycles. The Morgan fingerprint density at radius 1 is 0.974 bits per heavy atom. The maximum absolute atomic E-state index is 13.2. The van der Waals surface area contributed by atoms with Gasteiger partial charge < -0.3 is 10.5 Å². The van der Waals surface area contributed by atoms with E-state index in [1.54, 1.807) is 30.3 Å². The first-order chi connectivity index (χ1) is 18.3. The third-order valence-corrected chi connectivity index (χ3v) is 6.26. The lowest BCUT2D eigenvalue weighted by Crippen LogP contribution is -2.25. The smallest absolute Gasteiger partial charge is 0.416 e. The first kappa shape index (κ1) is 27.8. The fraction of sp³-hybridized carbons (Fsp3) is 0.241. The average Bonchev–Trinajstić information content (AvgIpc) is 2.87. The SMILES string of the molecule is NC(=O)/C=C/c1c#cc(COc2ccc3c(c2)CCC(Cc2cc(C(F)(F)F)cc(C(F)(F)F)c2)C3=O)cc1. The van der Waals surface area contributed by atoms with Gasteiger partial charge in [-0.15, -0.1) is 0 Å². The Labute approximate surface area is 220 Å². The lowest BCUT2D eigenvalue weighted by atomic mass is 9.79. The second-order valence-electron chi connectivity index (χ2n) is 9.13. The summed E-state index contributed by atoms with van der Waals surface area (Å²) in [6.45, 7) is 0.156. The molecule has 1 unspecified atom stereocenters. The van der Waals surface area contributed by atoms with Crippen LogP contribution < -0.4 is 10.5 Å². The monoisotopic (exact) mass is 545 g/mol. The standard InChI is InChI=1S/C29H21F6NO3/c30-28(31,32)22-12-19(13-23(15-22)29(33,34)35)11-21-7-6-20-14-24(8-9-25(20)27(21)38)39-16-18-3-1-17(2-4-18)5-10-26(36)37/h1,3,5,8-10,12-15,21H,6-7,11,16H2,(H2,36,37)/b10-5+. The zero-order valence-electron chi connectivity index (χ0n) is 20.2. The number of amides is 1. The van der Waals surface area contributed by atoms with Crippen molar-refractivity contribution in [1.82, 2.24) is 0 Å². The molecule has 0 bridgehead atoms. The molecular formula is C29H21F6NO3. The number of carbonyl (C=O) groups excluding carboxylic acids is 2. The third-order valence-electron chi connectivity index (χ3n) is 6.26. The van der Waals surface area contributed by atoms with Crippen LogP contribution >= 0.6 is 0 Å². The van der Waals surface area contributed by atoms with Gasteiger partial charge in [-0.2, -0.15) is 26.3 Å². The molecule has 0 heterocycles. The highest BCUT2D eigenvalue weighted by Crippen LogP contribution is 2.38. The van der Waals surface area contributed by atoms with E-state index in [4.69, 9.17) is 10.5 Å². The van der Waals surface area contributed by atoms with Gasteiger partial charge in [0.05, 0.1) is 11.1 Å². The molecule has 4 nitrogen and oxygen atoms in total. The van der Waals surface area contributed by atoms with Crippen molar-refractivity contribution in [3.63, 3.8) is 0 Å². The van der Waals surface area contributed by atoms with Crippen LogP contribution in [0.1, 0.15) is 50.2 Å². The quantitative estimate of drug-likeness (QED) is 0.276. The summed E-state index contributed by atoms with van der Waals surface area (Å²) >= 11 is 0. The number of benzene rings is 2. The minimum atomic E-state index is -4.95. The molecule has 3 aromatic carbocycles. The molecule has 0 aromatic heterocycles. The number of rotatable bonds is 7. The molecule has 1 amide bonds. The predicted molar refractivity (Wildman–Crippen MR) is 129 cm³/mol. The molecule has 0 saturated carbocycles. The molecule has 3 aromatic rings. The number of nitrogens with two attached hydrogens (primary N) is 1. The number of alkyl halides is 6. The second kappa shape index (κ2) is 10.8. The number of carbonyl (C=O) groups is 2. The molecule has 0 spiro atoms. The van der Waals surface area contributed by atoms with Gasteiger partial charge in [0.1, 0.15) is 12.4 Å². The second-order valence-corrected chi connectivity index (χ2v) is 9.13. The van der Waals surface area contributed by atoms with E-state index >= 15 is 0 Å². The van der Waals surface area contributed by atoms with Crippen molar-refractivity contribution >= 4 is 17.8 Å². The maximum atomic E-state index is 13.2. The van der Waals surface area contributed by atoms with Crippen LogP contribution in [0.5, 0.6) is 5.75 Å². The van der Waals surface area contributed by atoms with Crippen molar-refractivity contribution in [2.24, 2.45) is 11.7 Å². The Bertz CT molecular complexity index is 1380. The van der Waals surface area contributed by atoms with E-state index in [0.717, 1.165) is 0 Å². The summed E-state index contributed by atoms with van der Waals surface area (Å²) in [7, 11) is 0. The number of ether oxygens (including phenoxy) is 1. The molecule has 0 fully saturated rings. The number of aryl methyl sites for hydroxylation is 1. The minimum absolute atomic E-state index is 0.0776. The van der Waals surface area contributed by atoms with Gasteiger partial charge >= 0.3 is 12.4 Å². The topological polar surface area (TPSA) is 69.4 Å². The van der Waals surface area contributed by atoms with Gasteiger partial charge in [-0.05, 0) is 85.0 Å².